The Morgan fingerprint density at radius 1 is 0.532 bits per heavy atom. The minimum absolute atomic E-state index is 0.0763. The Kier molecular flexibility index (Phi) is 15.3. The topological polar surface area (TPSA) is 64.6 Å². The quantitative estimate of drug-likeness (QED) is 0.111. The Bertz CT molecular complexity index is 1850. The van der Waals surface area contributed by atoms with Crippen LogP contribution in [0.3, 0.4) is 0 Å². The molecular weight excluding hydrogens is 805 g/mol. The van der Waals surface area contributed by atoms with Gasteiger partial charge in [0.2, 0.25) is 0 Å². The summed E-state index contributed by atoms with van der Waals surface area (Å²) in [5, 5.41) is 0.209. The van der Waals surface area contributed by atoms with E-state index in [1.807, 2.05) is 12.1 Å². The molecule has 7 rings (SSSR count). The number of methoxy groups -OCH3 is 2. The molecule has 4 aliphatic rings. The lowest BCUT2D eigenvalue weighted by atomic mass is 10.0. The van der Waals surface area contributed by atoms with E-state index in [0.29, 0.717) is 55.5 Å². The number of fused-ring (bicyclic) bond motifs is 2. The van der Waals surface area contributed by atoms with Crippen molar-refractivity contribution < 1.29 is 32.5 Å². The van der Waals surface area contributed by atoms with Crippen LogP contribution in [0.4, 0.5) is 0 Å². The molecule has 62 heavy (non-hydrogen) atoms. The monoisotopic (exact) mass is 885 g/mol. The molecule has 4 aliphatic carbocycles. The predicted molar refractivity (Wildman–Crippen MR) is 256 cm³/mol. The van der Waals surface area contributed by atoms with E-state index in [1.54, 1.807) is 14.2 Å². The Hall–Kier alpha value is -2.51. The smallest absolute Gasteiger partial charge is 0.195 e. The second-order valence-electron chi connectivity index (χ2n) is 22.3. The van der Waals surface area contributed by atoms with E-state index < -0.39 is 16.6 Å². The molecule has 0 N–H and O–H groups in total. The van der Waals surface area contributed by atoms with Gasteiger partial charge in [-0.05, 0) is 134 Å². The van der Waals surface area contributed by atoms with Gasteiger partial charge in [0.25, 0.3) is 0 Å². The first-order valence-corrected chi connectivity index (χ1v) is 29.5. The van der Waals surface area contributed by atoms with Crippen molar-refractivity contribution in [3.8, 4) is 11.5 Å². The van der Waals surface area contributed by atoms with Crippen molar-refractivity contribution in [1.82, 2.24) is 0 Å². The lowest BCUT2D eigenvalue weighted by Gasteiger charge is -2.42. The van der Waals surface area contributed by atoms with Gasteiger partial charge in [-0.15, -0.1) is 0 Å². The van der Waals surface area contributed by atoms with Crippen molar-refractivity contribution in [2.24, 2.45) is 29.6 Å². The summed E-state index contributed by atoms with van der Waals surface area (Å²) in [5.41, 5.74) is 3.45. The zero-order valence-corrected chi connectivity index (χ0v) is 42.1. The molecule has 0 aliphatic heterocycles. The van der Waals surface area contributed by atoms with E-state index in [9.17, 15) is 0 Å². The minimum atomic E-state index is -2.25. The first-order chi connectivity index (χ1) is 29.4. The van der Waals surface area contributed by atoms with E-state index in [0.717, 1.165) is 61.2 Å². The van der Waals surface area contributed by atoms with Crippen LogP contribution < -0.4 is 9.47 Å². The third kappa shape index (κ3) is 11.3. The molecule has 9 heteroatoms. The lowest BCUT2D eigenvalue weighted by molar-refractivity contribution is -0.0431. The molecule has 342 valence electrons. The highest BCUT2D eigenvalue weighted by Gasteiger charge is 2.50. The van der Waals surface area contributed by atoms with Gasteiger partial charge >= 0.3 is 0 Å². The minimum Gasteiger partial charge on any atom is -0.496 e. The first kappa shape index (κ1) is 47.5. The molecule has 0 bridgehead atoms. The molecule has 0 saturated heterocycles. The maximum atomic E-state index is 7.40. The standard InChI is InChI=1S/C53H80O7Si2/c1-52(2,3)61(9,10)57-34-50(46-21-15-17-23-48(46)54-7)59-44-29-39-25-38(26-40(39)30-44)36-62(11,53(4,5)6)58-35-51(47-22-16-18-24-49(47)55-8)60-45-31-41-27-43(28-42(41)32-45)56-33-37-19-13-12-14-20-37/h12-24,38-45,50-51H,25-36H2,1-11H3/t38?,39-,40+,41-,42+,43?,44?,45?,50?,51?,62?. The molecule has 0 spiro atoms. The Balaban J connectivity index is 0.966. The first-order valence-electron chi connectivity index (χ1n) is 24.0. The molecule has 4 fully saturated rings. The van der Waals surface area contributed by atoms with Crippen molar-refractivity contribution in [2.45, 2.75) is 166 Å². The van der Waals surface area contributed by atoms with E-state index in [1.165, 1.54) is 24.4 Å². The summed E-state index contributed by atoms with van der Waals surface area (Å²) in [5.74, 6) is 5.13. The van der Waals surface area contributed by atoms with Gasteiger partial charge in [0.05, 0.1) is 52.4 Å². The van der Waals surface area contributed by atoms with E-state index in [4.69, 9.17) is 32.5 Å². The van der Waals surface area contributed by atoms with Gasteiger partial charge in [-0.3, -0.25) is 0 Å². The second-order valence-corrected chi connectivity index (χ2v) is 31.7. The number of ether oxygens (including phenoxy) is 5. The fourth-order valence-corrected chi connectivity index (χ4v) is 15.3. The molecule has 11 atom stereocenters. The fraction of sp³-hybridized carbons (Fsp3) is 0.660. The fourth-order valence-electron chi connectivity index (χ4n) is 11.1. The van der Waals surface area contributed by atoms with E-state index in [2.05, 4.69) is 128 Å². The van der Waals surface area contributed by atoms with Gasteiger partial charge in [0.15, 0.2) is 16.6 Å². The third-order valence-corrected chi connectivity index (χ3v) is 26.1. The van der Waals surface area contributed by atoms with Crippen LogP contribution in [0.5, 0.6) is 11.5 Å². The zero-order valence-electron chi connectivity index (χ0n) is 40.1. The summed E-state index contributed by atoms with van der Waals surface area (Å²) in [6, 6.07) is 28.5. The molecule has 7 nitrogen and oxygen atoms in total. The van der Waals surface area contributed by atoms with E-state index in [-0.39, 0.29) is 34.5 Å². The van der Waals surface area contributed by atoms with Crippen LogP contribution in [0.2, 0.25) is 35.8 Å². The van der Waals surface area contributed by atoms with Gasteiger partial charge in [0.1, 0.15) is 23.7 Å². The maximum absolute atomic E-state index is 7.40. The molecule has 4 saturated carbocycles. The second kappa shape index (κ2) is 19.9. The molecule has 0 heterocycles. The van der Waals surface area contributed by atoms with Gasteiger partial charge < -0.3 is 32.5 Å². The average molecular weight is 885 g/mol. The molecule has 0 aromatic heterocycles. The normalized spacial score (nSPS) is 28.3. The van der Waals surface area contributed by atoms with Crippen LogP contribution in [0.25, 0.3) is 0 Å². The Morgan fingerprint density at radius 2 is 0.968 bits per heavy atom. The summed E-state index contributed by atoms with van der Waals surface area (Å²) in [6.45, 7) is 23.1. The largest absolute Gasteiger partial charge is 0.496 e. The highest BCUT2D eigenvalue weighted by Crippen LogP contribution is 2.54. The van der Waals surface area contributed by atoms with Crippen LogP contribution in [0.15, 0.2) is 78.9 Å². The van der Waals surface area contributed by atoms with Gasteiger partial charge in [-0.25, -0.2) is 0 Å². The van der Waals surface area contributed by atoms with Crippen molar-refractivity contribution in [1.29, 1.82) is 0 Å². The van der Waals surface area contributed by atoms with Crippen molar-refractivity contribution in [3.05, 3.63) is 95.6 Å². The number of benzene rings is 3. The van der Waals surface area contributed by atoms with E-state index >= 15 is 0 Å². The summed E-state index contributed by atoms with van der Waals surface area (Å²) < 4.78 is 46.7. The number of hydrogen-bond acceptors (Lipinski definition) is 7. The molecule has 3 aromatic carbocycles. The zero-order chi connectivity index (χ0) is 44.3. The van der Waals surface area contributed by atoms with Crippen molar-refractivity contribution >= 4 is 16.6 Å². The molecule has 0 amide bonds. The van der Waals surface area contributed by atoms with Crippen LogP contribution in [0.1, 0.15) is 122 Å². The summed E-state index contributed by atoms with van der Waals surface area (Å²) in [6.07, 6.45) is 9.67. The summed E-state index contributed by atoms with van der Waals surface area (Å²) in [7, 11) is -0.688. The van der Waals surface area contributed by atoms with Gasteiger partial charge in [0, 0.05) is 11.1 Å². The Morgan fingerprint density at radius 3 is 1.44 bits per heavy atom. The summed E-state index contributed by atoms with van der Waals surface area (Å²) in [4.78, 5) is 0. The lowest BCUT2D eigenvalue weighted by Crippen LogP contribution is -2.46. The van der Waals surface area contributed by atoms with Crippen LogP contribution in [-0.2, 0) is 29.7 Å². The Labute approximate surface area is 377 Å². The summed E-state index contributed by atoms with van der Waals surface area (Å²) >= 11 is 0. The van der Waals surface area contributed by atoms with Crippen LogP contribution >= 0.6 is 0 Å². The molecule has 3 aromatic rings. The van der Waals surface area contributed by atoms with Gasteiger partial charge in [-0.1, -0.05) is 108 Å². The molecule has 0 radical (unpaired) electrons. The van der Waals surface area contributed by atoms with Crippen molar-refractivity contribution in [2.75, 3.05) is 27.4 Å². The number of para-hydroxylation sites is 2. The average Bonchev–Trinajstić information content (AvgIpc) is 4.00. The SMILES string of the molecule is COc1ccccc1C(CO[Si](C)(C)C(C)(C)C)OC1C[C@H]2CC(C[Si](C)(OCC(OC3C[C@H]4CC(OCc5ccccc5)C[C@H]4C3)c3ccccc3OC)C(C)(C)C)C[C@H]2C1. The highest BCUT2D eigenvalue weighted by molar-refractivity contribution is 6.75. The number of rotatable bonds is 19. The number of hydrogen-bond donors (Lipinski definition) is 0. The highest BCUT2D eigenvalue weighted by atomic mass is 28.4. The van der Waals surface area contributed by atoms with Crippen molar-refractivity contribution in [3.63, 3.8) is 0 Å². The predicted octanol–water partition coefficient (Wildman–Crippen LogP) is 13.5. The maximum Gasteiger partial charge on any atom is 0.195 e. The molecular formula is C53H80O7Si2. The van der Waals surface area contributed by atoms with Crippen LogP contribution in [0, 0.1) is 29.6 Å². The third-order valence-electron chi connectivity index (χ3n) is 16.2. The molecule has 7 unspecified atom stereocenters. The van der Waals surface area contributed by atoms with Gasteiger partial charge in [-0.2, -0.15) is 0 Å². The van der Waals surface area contributed by atoms with Crippen LogP contribution in [-0.4, -0.2) is 62.4 Å².